The number of benzene rings is 2. The summed E-state index contributed by atoms with van der Waals surface area (Å²) in [7, 11) is -2.70. The number of hydrogen-bond acceptors (Lipinski definition) is 5. The van der Waals surface area contributed by atoms with Gasteiger partial charge in [-0.3, -0.25) is 4.79 Å². The Morgan fingerprint density at radius 3 is 2.00 bits per heavy atom. The van der Waals surface area contributed by atoms with Crippen LogP contribution in [-0.2, 0) is 21.7 Å². The van der Waals surface area contributed by atoms with Crippen molar-refractivity contribution < 1.29 is 22.7 Å². The van der Waals surface area contributed by atoms with Crippen LogP contribution in [0.15, 0.2) is 65.0 Å². The first-order valence-electron chi connectivity index (χ1n) is 7.13. The van der Waals surface area contributed by atoms with Crippen LogP contribution in [0.5, 0.6) is 0 Å². The summed E-state index contributed by atoms with van der Waals surface area (Å²) in [6.07, 6.45) is -0.601. The van der Waals surface area contributed by atoms with Crippen LogP contribution in [0.3, 0.4) is 0 Å². The lowest BCUT2D eigenvalue weighted by atomic mass is 10.0. The van der Waals surface area contributed by atoms with Crippen molar-refractivity contribution in [2.45, 2.75) is 13.3 Å². The molecule has 2 rings (SSSR count). The van der Waals surface area contributed by atoms with Gasteiger partial charge >= 0.3 is 16.6 Å². The highest BCUT2D eigenvalue weighted by molar-refractivity contribution is 7.62. The minimum absolute atomic E-state index is 0.125. The minimum atomic E-state index is -2.70. The zero-order chi connectivity index (χ0) is 17.8. The van der Waals surface area contributed by atoms with E-state index in [-0.39, 0.29) is 12.4 Å². The molecule has 0 radical (unpaired) electrons. The summed E-state index contributed by atoms with van der Waals surface area (Å²) < 4.78 is 25.9. The predicted molar refractivity (Wildman–Crippen MR) is 89.3 cm³/mol. The van der Waals surface area contributed by atoms with Crippen LogP contribution >= 0.6 is 0 Å². The van der Waals surface area contributed by atoms with Gasteiger partial charge in [-0.15, -0.1) is 0 Å². The number of carbonyl (C=O) groups excluding carboxylic acids is 2. The van der Waals surface area contributed by atoms with E-state index in [1.54, 1.807) is 6.92 Å². The van der Waals surface area contributed by atoms with Crippen molar-refractivity contribution in [3.05, 3.63) is 71.8 Å². The third-order valence-corrected chi connectivity index (χ3v) is 3.02. The van der Waals surface area contributed by atoms with Crippen LogP contribution < -0.4 is 0 Å². The number of rotatable bonds is 4. The lowest BCUT2D eigenvalue weighted by molar-refractivity contribution is 0.0993. The van der Waals surface area contributed by atoms with Gasteiger partial charge in [-0.2, -0.15) is 8.42 Å². The maximum absolute atomic E-state index is 11.8. The van der Waals surface area contributed by atoms with Gasteiger partial charge in [0.2, 0.25) is 0 Å². The molecule has 6 nitrogen and oxygen atoms in total. The van der Waals surface area contributed by atoms with Gasteiger partial charge < -0.3 is 4.74 Å². The van der Waals surface area contributed by atoms with E-state index < -0.39 is 16.6 Å². The Balaban J connectivity index is 0.000000277. The molecule has 0 N–H and O–H groups in total. The Hall–Kier alpha value is -2.80. The van der Waals surface area contributed by atoms with Crippen molar-refractivity contribution >= 4 is 22.4 Å². The Morgan fingerprint density at radius 2 is 1.50 bits per heavy atom. The molecule has 0 unspecified atom stereocenters. The molecule has 0 aliphatic rings. The van der Waals surface area contributed by atoms with Crippen LogP contribution in [0.25, 0.3) is 0 Å². The number of carbonyl (C=O) groups is 2. The average molecular weight is 347 g/mol. The lowest BCUT2D eigenvalue weighted by Gasteiger charge is -2.00. The van der Waals surface area contributed by atoms with E-state index in [0.29, 0.717) is 6.42 Å². The summed E-state index contributed by atoms with van der Waals surface area (Å²) in [4.78, 5) is 21.9. The number of hydrogen-bond donors (Lipinski definition) is 0. The number of Topliss-reactive ketones (excluding diaryl/α,β-unsaturated/α-hetero) is 1. The molecule has 0 aliphatic heterocycles. The van der Waals surface area contributed by atoms with E-state index in [1.165, 1.54) is 0 Å². The number of nitrogens with zero attached hydrogens (tertiary/aromatic N) is 1. The zero-order valence-electron chi connectivity index (χ0n) is 13.1. The Labute approximate surface area is 141 Å². The molecule has 0 spiro atoms. The Bertz CT molecular complexity index is 778. The monoisotopic (exact) mass is 347 g/mol. The normalized spacial score (nSPS) is 9.21. The molecule has 7 heteroatoms. The third-order valence-electron chi connectivity index (χ3n) is 2.72. The van der Waals surface area contributed by atoms with Crippen LogP contribution in [0.4, 0.5) is 4.79 Å². The molecule has 0 fully saturated rings. The van der Waals surface area contributed by atoms with Gasteiger partial charge in [0, 0.05) is 12.0 Å². The molecule has 0 saturated heterocycles. The van der Waals surface area contributed by atoms with Gasteiger partial charge in [0.05, 0.1) is 6.61 Å². The average Bonchev–Trinajstić information content (AvgIpc) is 2.57. The molecule has 2 aromatic carbocycles. The molecule has 0 saturated carbocycles. The van der Waals surface area contributed by atoms with Gasteiger partial charge in [-0.1, -0.05) is 65.0 Å². The van der Waals surface area contributed by atoms with Crippen molar-refractivity contribution in [2.24, 2.45) is 4.36 Å². The van der Waals surface area contributed by atoms with E-state index in [2.05, 4.69) is 9.10 Å². The van der Waals surface area contributed by atoms with Crippen LogP contribution in [0.1, 0.15) is 22.8 Å². The van der Waals surface area contributed by atoms with Crippen molar-refractivity contribution in [3.63, 3.8) is 0 Å². The molecule has 2 aromatic rings. The zero-order valence-corrected chi connectivity index (χ0v) is 13.9. The van der Waals surface area contributed by atoms with Crippen molar-refractivity contribution in [3.8, 4) is 0 Å². The first-order valence-corrected chi connectivity index (χ1v) is 8.16. The summed E-state index contributed by atoms with van der Waals surface area (Å²) in [5.41, 5.74) is 1.84. The largest absolute Gasteiger partial charge is 0.448 e. The maximum Gasteiger partial charge on any atom is 0.448 e. The summed E-state index contributed by atoms with van der Waals surface area (Å²) >= 11 is 0. The van der Waals surface area contributed by atoms with Crippen molar-refractivity contribution in [2.75, 3.05) is 6.61 Å². The molecule has 0 atom stereocenters. The van der Waals surface area contributed by atoms with Crippen LogP contribution in [0.2, 0.25) is 0 Å². The third kappa shape index (κ3) is 8.00. The molecule has 0 bridgehead atoms. The molecular formula is C17H17NO5S. The first-order chi connectivity index (χ1) is 11.5. The van der Waals surface area contributed by atoms with Crippen LogP contribution in [0, 0.1) is 0 Å². The number of ketones is 1. The number of amides is 1. The molecular weight excluding hydrogens is 330 g/mol. The smallest absolute Gasteiger partial charge is 0.448 e. The molecule has 126 valence electrons. The summed E-state index contributed by atoms with van der Waals surface area (Å²) in [5.74, 6) is 0.168. The molecule has 24 heavy (non-hydrogen) atoms. The molecule has 0 aliphatic carbocycles. The van der Waals surface area contributed by atoms with E-state index in [4.69, 9.17) is 0 Å². The fourth-order valence-corrected chi connectivity index (χ4v) is 1.89. The quantitative estimate of drug-likeness (QED) is 0.791. The molecule has 0 aromatic heterocycles. The summed E-state index contributed by atoms with van der Waals surface area (Å²) in [6.45, 7) is 1.68. The standard InChI is InChI=1S/C14H12O.C3H5NO4S/c15-14(13-9-5-2-6-10-13)11-12-7-3-1-4-8-12;1-2-8-3(5)4-9(6)7/h1-10H,11H2;2H2,1H3. The van der Waals surface area contributed by atoms with Gasteiger partial charge in [0.1, 0.15) is 0 Å². The highest BCUT2D eigenvalue weighted by Gasteiger charge is 2.05. The van der Waals surface area contributed by atoms with Gasteiger partial charge in [-0.05, 0) is 12.5 Å². The summed E-state index contributed by atoms with van der Waals surface area (Å²) in [6, 6.07) is 19.2. The second kappa shape index (κ2) is 10.8. The number of ether oxygens (including phenoxy) is 1. The van der Waals surface area contributed by atoms with Gasteiger partial charge in [0.25, 0.3) is 0 Å². The highest BCUT2D eigenvalue weighted by Crippen LogP contribution is 2.06. The molecule has 1 amide bonds. The van der Waals surface area contributed by atoms with E-state index >= 15 is 0 Å². The lowest BCUT2D eigenvalue weighted by Crippen LogP contribution is -2.02. The predicted octanol–water partition coefficient (Wildman–Crippen LogP) is 3.32. The summed E-state index contributed by atoms with van der Waals surface area (Å²) in [5, 5.41) is 0. The van der Waals surface area contributed by atoms with E-state index in [0.717, 1.165) is 11.1 Å². The van der Waals surface area contributed by atoms with E-state index in [9.17, 15) is 18.0 Å². The topological polar surface area (TPSA) is 89.9 Å². The van der Waals surface area contributed by atoms with Crippen molar-refractivity contribution in [1.82, 2.24) is 0 Å². The second-order valence-corrected chi connectivity index (χ2v) is 5.08. The van der Waals surface area contributed by atoms with Crippen LogP contribution in [-0.4, -0.2) is 26.9 Å². The Kier molecular flexibility index (Phi) is 8.70. The SMILES string of the molecule is CCOC(=O)N=S(=O)=O.O=C(Cc1ccccc1)c1ccccc1. The minimum Gasteiger partial charge on any atom is -0.448 e. The second-order valence-electron chi connectivity index (χ2n) is 4.46. The van der Waals surface area contributed by atoms with Gasteiger partial charge in [-0.25, -0.2) is 4.79 Å². The fraction of sp³-hybridized carbons (Fsp3) is 0.176. The maximum atomic E-state index is 11.8. The first kappa shape index (κ1) is 19.2. The van der Waals surface area contributed by atoms with Crippen molar-refractivity contribution in [1.29, 1.82) is 0 Å². The Morgan fingerprint density at radius 1 is 0.958 bits per heavy atom. The molecule has 0 heterocycles. The highest BCUT2D eigenvalue weighted by atomic mass is 32.2. The fourth-order valence-electron chi connectivity index (χ4n) is 1.72. The van der Waals surface area contributed by atoms with Gasteiger partial charge in [0.15, 0.2) is 5.78 Å². The van der Waals surface area contributed by atoms with E-state index in [1.807, 2.05) is 60.7 Å².